The topological polar surface area (TPSA) is 66.7 Å². The number of sulfone groups is 1. The van der Waals surface area contributed by atoms with E-state index in [1.165, 1.54) is 6.92 Å². The largest absolute Gasteiger partial charge is 0.377 e. The molecule has 0 fully saturated rings. The molecule has 0 aromatic carbocycles. The van der Waals surface area contributed by atoms with Crippen LogP contribution in [0.4, 0.5) is 0 Å². The zero-order chi connectivity index (χ0) is 12.8. The molecule has 1 N–H and O–H groups in total. The highest BCUT2D eigenvalue weighted by atomic mass is 32.2. The molecule has 96 valence electrons. The number of aliphatic hydroxyl groups is 1. The Labute approximate surface area is 98.7 Å². The summed E-state index contributed by atoms with van der Waals surface area (Å²) >= 11 is 0. The summed E-state index contributed by atoms with van der Waals surface area (Å²) in [6.45, 7) is 8.00. The van der Waals surface area contributed by atoms with E-state index in [4.69, 9.17) is 5.11 Å². The summed E-state index contributed by atoms with van der Waals surface area (Å²) in [7, 11) is -3.33. The van der Waals surface area contributed by atoms with Crippen molar-refractivity contribution in [2.45, 2.75) is 46.0 Å². The predicted molar refractivity (Wildman–Crippen MR) is 67.5 cm³/mol. The highest BCUT2D eigenvalue weighted by Gasteiger charge is 2.16. The van der Waals surface area contributed by atoms with Crippen LogP contribution in [0.3, 0.4) is 0 Å². The fraction of sp³-hybridized carbons (Fsp3) is 0.909. The Balaban J connectivity index is 3.93. The minimum absolute atomic E-state index is 0.00310. The second-order valence-electron chi connectivity index (χ2n) is 4.53. The summed E-state index contributed by atoms with van der Waals surface area (Å²) in [6.07, 6.45) is 1.42. The van der Waals surface area contributed by atoms with Gasteiger partial charge in [0.1, 0.15) is 0 Å². The van der Waals surface area contributed by atoms with Crippen molar-refractivity contribution in [2.24, 2.45) is 10.9 Å². The second kappa shape index (κ2) is 7.01. The smallest absolute Gasteiger partial charge is 0.176 e. The molecule has 0 aliphatic carbocycles. The first-order chi connectivity index (χ1) is 7.25. The van der Waals surface area contributed by atoms with E-state index in [9.17, 15) is 8.42 Å². The van der Waals surface area contributed by atoms with E-state index in [2.05, 4.69) is 18.8 Å². The van der Waals surface area contributed by atoms with Gasteiger partial charge >= 0.3 is 0 Å². The lowest BCUT2D eigenvalue weighted by Gasteiger charge is -2.06. The monoisotopic (exact) mass is 249 g/mol. The molecule has 0 radical (unpaired) electrons. The fourth-order valence-electron chi connectivity index (χ4n) is 1.36. The van der Waals surface area contributed by atoms with E-state index >= 15 is 0 Å². The van der Waals surface area contributed by atoms with Crippen LogP contribution in [-0.4, -0.2) is 37.0 Å². The van der Waals surface area contributed by atoms with Gasteiger partial charge in [0.05, 0.1) is 5.75 Å². The molecule has 5 heteroatoms. The third-order valence-corrected chi connectivity index (χ3v) is 4.09. The Morgan fingerprint density at radius 3 is 2.31 bits per heavy atom. The van der Waals surface area contributed by atoms with E-state index in [1.54, 1.807) is 0 Å². The van der Waals surface area contributed by atoms with Gasteiger partial charge in [-0.2, -0.15) is 0 Å². The predicted octanol–water partition coefficient (Wildman–Crippen LogP) is 1.64. The number of hydrogen-bond acceptors (Lipinski definition) is 4. The lowest BCUT2D eigenvalue weighted by Crippen LogP contribution is -2.20. The van der Waals surface area contributed by atoms with E-state index in [1.807, 2.05) is 6.92 Å². The van der Waals surface area contributed by atoms with Crippen molar-refractivity contribution in [3.05, 3.63) is 0 Å². The standard InChI is InChI=1S/C11H23NO3S/c1-9(2)8-10(3)12-6-5-7-16(14,15)11(4)13/h9,11,13H,5-8H2,1-4H3. The number of aliphatic imine (C=N–C) groups is 1. The summed E-state index contributed by atoms with van der Waals surface area (Å²) < 4.78 is 22.5. The maximum atomic E-state index is 11.3. The van der Waals surface area contributed by atoms with Crippen LogP contribution in [0.1, 0.15) is 40.5 Å². The zero-order valence-electron chi connectivity index (χ0n) is 10.6. The Hall–Kier alpha value is -0.420. The van der Waals surface area contributed by atoms with E-state index in [0.29, 0.717) is 18.9 Å². The molecular weight excluding hydrogens is 226 g/mol. The second-order valence-corrected chi connectivity index (χ2v) is 6.95. The third kappa shape index (κ3) is 6.95. The molecule has 0 bridgehead atoms. The molecule has 0 saturated heterocycles. The summed E-state index contributed by atoms with van der Waals surface area (Å²) in [5.41, 5.74) is -0.210. The van der Waals surface area contributed by atoms with Gasteiger partial charge in [-0.15, -0.1) is 0 Å². The molecule has 0 aromatic rings. The summed E-state index contributed by atoms with van der Waals surface area (Å²) in [6, 6.07) is 0. The quantitative estimate of drug-likeness (QED) is 0.551. The van der Waals surface area contributed by atoms with Gasteiger partial charge in [-0.1, -0.05) is 13.8 Å². The molecule has 0 rings (SSSR count). The molecule has 1 unspecified atom stereocenters. The summed E-state index contributed by atoms with van der Waals surface area (Å²) in [5.74, 6) is 0.577. The first-order valence-corrected chi connectivity index (χ1v) is 7.37. The molecule has 0 aromatic heterocycles. The number of hydrogen-bond donors (Lipinski definition) is 1. The van der Waals surface area contributed by atoms with Crippen LogP contribution in [-0.2, 0) is 9.84 Å². The molecule has 16 heavy (non-hydrogen) atoms. The van der Waals surface area contributed by atoms with Crippen LogP contribution in [0.2, 0.25) is 0 Å². The fourth-order valence-corrected chi connectivity index (χ4v) is 2.23. The van der Waals surface area contributed by atoms with Crippen molar-refractivity contribution in [3.8, 4) is 0 Å². The molecule has 4 nitrogen and oxygen atoms in total. The average Bonchev–Trinajstić information content (AvgIpc) is 2.11. The Bertz CT molecular complexity index is 318. The van der Waals surface area contributed by atoms with Crippen LogP contribution >= 0.6 is 0 Å². The minimum Gasteiger partial charge on any atom is -0.377 e. The van der Waals surface area contributed by atoms with Gasteiger partial charge in [0.25, 0.3) is 0 Å². The normalized spacial score (nSPS) is 15.5. The van der Waals surface area contributed by atoms with Crippen LogP contribution in [0.15, 0.2) is 4.99 Å². The number of aliphatic hydroxyl groups excluding tert-OH is 1. The number of rotatable bonds is 7. The molecule has 0 aliphatic heterocycles. The third-order valence-electron chi connectivity index (χ3n) is 2.19. The van der Waals surface area contributed by atoms with Gasteiger partial charge in [0, 0.05) is 12.3 Å². The van der Waals surface area contributed by atoms with Gasteiger partial charge in [-0.25, -0.2) is 8.42 Å². The Kier molecular flexibility index (Phi) is 6.83. The van der Waals surface area contributed by atoms with Gasteiger partial charge in [0.2, 0.25) is 0 Å². The summed E-state index contributed by atoms with van der Waals surface area (Å²) in [5, 5.41) is 8.98. The highest BCUT2D eigenvalue weighted by Crippen LogP contribution is 2.03. The van der Waals surface area contributed by atoms with E-state index in [-0.39, 0.29) is 5.75 Å². The zero-order valence-corrected chi connectivity index (χ0v) is 11.4. The van der Waals surface area contributed by atoms with Gasteiger partial charge in [0.15, 0.2) is 15.3 Å². The van der Waals surface area contributed by atoms with Crippen LogP contribution in [0.25, 0.3) is 0 Å². The van der Waals surface area contributed by atoms with Crippen LogP contribution < -0.4 is 0 Å². The van der Waals surface area contributed by atoms with Crippen molar-refractivity contribution in [2.75, 3.05) is 12.3 Å². The van der Waals surface area contributed by atoms with Crippen molar-refractivity contribution in [1.29, 1.82) is 0 Å². The van der Waals surface area contributed by atoms with Crippen LogP contribution in [0, 0.1) is 5.92 Å². The molecule has 0 heterocycles. The SMILES string of the molecule is CC(CC(C)C)=NCCCS(=O)(=O)C(C)O. The number of nitrogens with zero attached hydrogens (tertiary/aromatic N) is 1. The summed E-state index contributed by atoms with van der Waals surface area (Å²) in [4.78, 5) is 4.30. The van der Waals surface area contributed by atoms with Crippen molar-refractivity contribution >= 4 is 15.5 Å². The molecule has 0 aliphatic rings. The Morgan fingerprint density at radius 1 is 1.31 bits per heavy atom. The van der Waals surface area contributed by atoms with Crippen LogP contribution in [0.5, 0.6) is 0 Å². The maximum Gasteiger partial charge on any atom is 0.176 e. The highest BCUT2D eigenvalue weighted by molar-refractivity contribution is 7.91. The molecule has 0 amide bonds. The molecule has 1 atom stereocenters. The van der Waals surface area contributed by atoms with Gasteiger partial charge in [-0.3, -0.25) is 4.99 Å². The van der Waals surface area contributed by atoms with Crippen molar-refractivity contribution in [1.82, 2.24) is 0 Å². The first kappa shape index (κ1) is 15.6. The van der Waals surface area contributed by atoms with E-state index < -0.39 is 15.3 Å². The maximum absolute atomic E-state index is 11.3. The lowest BCUT2D eigenvalue weighted by molar-refractivity contribution is 0.268. The molecule has 0 spiro atoms. The molecular formula is C11H23NO3S. The molecule has 0 saturated carbocycles. The lowest BCUT2D eigenvalue weighted by atomic mass is 10.1. The van der Waals surface area contributed by atoms with Crippen molar-refractivity contribution in [3.63, 3.8) is 0 Å². The van der Waals surface area contributed by atoms with Gasteiger partial charge < -0.3 is 5.11 Å². The minimum atomic E-state index is -3.33. The van der Waals surface area contributed by atoms with E-state index in [0.717, 1.165) is 12.1 Å². The van der Waals surface area contributed by atoms with Crippen molar-refractivity contribution < 1.29 is 13.5 Å². The van der Waals surface area contributed by atoms with Gasteiger partial charge in [-0.05, 0) is 32.6 Å². The first-order valence-electron chi connectivity index (χ1n) is 5.65. The Morgan fingerprint density at radius 2 is 1.88 bits per heavy atom. The average molecular weight is 249 g/mol.